The molecule has 118 valence electrons. The smallest absolute Gasteiger partial charge is 0.123 e. The summed E-state index contributed by atoms with van der Waals surface area (Å²) < 4.78 is 7.31. The van der Waals surface area contributed by atoms with Crippen LogP contribution in [-0.4, -0.2) is 17.8 Å². The van der Waals surface area contributed by atoms with Crippen molar-refractivity contribution < 1.29 is 9.84 Å². The molecule has 0 bridgehead atoms. The number of aliphatic hydroxyl groups excluding tert-OH is 1. The van der Waals surface area contributed by atoms with Crippen LogP contribution in [0.5, 0.6) is 5.75 Å². The highest BCUT2D eigenvalue weighted by atomic mass is 79.9. The van der Waals surface area contributed by atoms with Gasteiger partial charge in [-0.05, 0) is 69.4 Å². The Morgan fingerprint density at radius 3 is 2.67 bits per heavy atom. The first-order valence-corrected chi connectivity index (χ1v) is 8.92. The molecule has 0 heterocycles. The maximum absolute atomic E-state index is 9.00. The van der Waals surface area contributed by atoms with Crippen LogP contribution in [0.25, 0.3) is 0 Å². The second-order valence-corrected chi connectivity index (χ2v) is 7.33. The number of hydrogen-bond acceptors (Lipinski definition) is 2. The standard InChI is InChI=1S/C18H27BrO2/c1-13(10-11-20)12-15-6-8-16(9-7-15)21-18-5-3-4-17(19)14(18)2/h3-5,13,15-16,20H,6-12H2,1-2H3/t13-,15?,16?/m1/s1. The van der Waals surface area contributed by atoms with Crippen LogP contribution < -0.4 is 4.74 Å². The van der Waals surface area contributed by atoms with Gasteiger partial charge in [0, 0.05) is 16.6 Å². The maximum atomic E-state index is 9.00. The van der Waals surface area contributed by atoms with Crippen LogP contribution in [-0.2, 0) is 0 Å². The summed E-state index contributed by atoms with van der Waals surface area (Å²) in [4.78, 5) is 0. The number of ether oxygens (including phenoxy) is 1. The number of aliphatic hydroxyl groups is 1. The molecule has 1 aliphatic rings. The van der Waals surface area contributed by atoms with E-state index in [1.165, 1.54) is 24.8 Å². The van der Waals surface area contributed by atoms with Crippen LogP contribution in [0.2, 0.25) is 0 Å². The molecule has 21 heavy (non-hydrogen) atoms. The molecular weight excluding hydrogens is 328 g/mol. The molecular formula is C18H27BrO2. The second kappa shape index (κ2) is 8.19. The van der Waals surface area contributed by atoms with E-state index in [0.29, 0.717) is 18.6 Å². The number of halogens is 1. The third-order valence-electron chi connectivity index (χ3n) is 4.66. The number of rotatable bonds is 6. The van der Waals surface area contributed by atoms with Crippen molar-refractivity contribution in [3.05, 3.63) is 28.2 Å². The van der Waals surface area contributed by atoms with Gasteiger partial charge in [0.05, 0.1) is 6.10 Å². The predicted octanol–water partition coefficient (Wildman–Crippen LogP) is 5.10. The molecule has 0 radical (unpaired) electrons. The van der Waals surface area contributed by atoms with Crippen molar-refractivity contribution in [3.8, 4) is 5.75 Å². The van der Waals surface area contributed by atoms with Gasteiger partial charge in [0.2, 0.25) is 0 Å². The summed E-state index contributed by atoms with van der Waals surface area (Å²) in [6.45, 7) is 4.67. The minimum atomic E-state index is 0.321. The van der Waals surface area contributed by atoms with Crippen LogP contribution in [0.15, 0.2) is 22.7 Å². The number of hydrogen-bond donors (Lipinski definition) is 1. The molecule has 0 aliphatic heterocycles. The molecule has 2 nitrogen and oxygen atoms in total. The molecule has 1 aromatic carbocycles. The Balaban J connectivity index is 1.80. The van der Waals surface area contributed by atoms with Crippen LogP contribution >= 0.6 is 15.9 Å². The second-order valence-electron chi connectivity index (χ2n) is 6.48. The zero-order valence-corrected chi connectivity index (χ0v) is 14.7. The molecule has 1 N–H and O–H groups in total. The molecule has 0 unspecified atom stereocenters. The van der Waals surface area contributed by atoms with E-state index in [0.717, 1.165) is 35.4 Å². The van der Waals surface area contributed by atoms with Gasteiger partial charge in [-0.15, -0.1) is 0 Å². The van der Waals surface area contributed by atoms with E-state index >= 15 is 0 Å². The first-order chi connectivity index (χ1) is 10.1. The average molecular weight is 355 g/mol. The van der Waals surface area contributed by atoms with Crippen molar-refractivity contribution in [2.75, 3.05) is 6.61 Å². The van der Waals surface area contributed by atoms with Gasteiger partial charge in [-0.3, -0.25) is 0 Å². The van der Waals surface area contributed by atoms with Gasteiger partial charge < -0.3 is 9.84 Å². The van der Waals surface area contributed by atoms with Crippen molar-refractivity contribution in [3.63, 3.8) is 0 Å². The molecule has 1 aliphatic carbocycles. The summed E-state index contributed by atoms with van der Waals surface area (Å²) in [5.74, 6) is 2.47. The van der Waals surface area contributed by atoms with E-state index in [-0.39, 0.29) is 0 Å². The first-order valence-electron chi connectivity index (χ1n) is 8.12. The zero-order chi connectivity index (χ0) is 15.2. The molecule has 0 spiro atoms. The molecule has 1 atom stereocenters. The summed E-state index contributed by atoms with van der Waals surface area (Å²) in [6.07, 6.45) is 7.38. The Bertz CT molecular complexity index is 439. The van der Waals surface area contributed by atoms with Crippen molar-refractivity contribution >= 4 is 15.9 Å². The molecule has 1 fully saturated rings. The van der Waals surface area contributed by atoms with Gasteiger partial charge in [0.25, 0.3) is 0 Å². The third kappa shape index (κ3) is 5.00. The van der Waals surface area contributed by atoms with Gasteiger partial charge in [-0.1, -0.05) is 28.9 Å². The Morgan fingerprint density at radius 2 is 2.00 bits per heavy atom. The van der Waals surface area contributed by atoms with Crippen LogP contribution in [0, 0.1) is 18.8 Å². The van der Waals surface area contributed by atoms with E-state index in [9.17, 15) is 0 Å². The lowest BCUT2D eigenvalue weighted by molar-refractivity contribution is 0.120. The van der Waals surface area contributed by atoms with E-state index in [2.05, 4.69) is 41.9 Å². The normalized spacial score (nSPS) is 23.8. The summed E-state index contributed by atoms with van der Waals surface area (Å²) in [5.41, 5.74) is 1.19. The maximum Gasteiger partial charge on any atom is 0.123 e. The molecule has 2 rings (SSSR count). The van der Waals surface area contributed by atoms with Crippen molar-refractivity contribution in [2.24, 2.45) is 11.8 Å². The molecule has 1 saturated carbocycles. The van der Waals surface area contributed by atoms with Crippen molar-refractivity contribution in [1.82, 2.24) is 0 Å². The monoisotopic (exact) mass is 354 g/mol. The Labute approximate surface area is 137 Å². The SMILES string of the molecule is Cc1c(Br)cccc1OC1CCC(C[C@H](C)CCO)CC1. The van der Waals surface area contributed by atoms with Crippen LogP contribution in [0.4, 0.5) is 0 Å². The predicted molar refractivity (Wildman–Crippen MR) is 90.7 cm³/mol. The average Bonchev–Trinajstić information content (AvgIpc) is 2.46. The molecule has 0 saturated heterocycles. The van der Waals surface area contributed by atoms with Gasteiger partial charge in [-0.25, -0.2) is 0 Å². The lowest BCUT2D eigenvalue weighted by atomic mass is 9.81. The first kappa shape index (κ1) is 16.8. The quantitative estimate of drug-likeness (QED) is 0.769. The van der Waals surface area contributed by atoms with Gasteiger partial charge in [0.1, 0.15) is 5.75 Å². The van der Waals surface area contributed by atoms with Gasteiger partial charge in [0.15, 0.2) is 0 Å². The summed E-state index contributed by atoms with van der Waals surface area (Å²) in [5, 5.41) is 9.00. The Kier molecular flexibility index (Phi) is 6.56. The van der Waals surface area contributed by atoms with E-state index < -0.39 is 0 Å². The summed E-state index contributed by atoms with van der Waals surface area (Å²) >= 11 is 3.56. The fraction of sp³-hybridized carbons (Fsp3) is 0.667. The fourth-order valence-corrected chi connectivity index (χ4v) is 3.64. The van der Waals surface area contributed by atoms with E-state index in [1.54, 1.807) is 0 Å². The molecule has 3 heteroatoms. The zero-order valence-electron chi connectivity index (χ0n) is 13.1. The minimum Gasteiger partial charge on any atom is -0.490 e. The summed E-state index contributed by atoms with van der Waals surface area (Å²) in [6, 6.07) is 6.16. The lowest BCUT2D eigenvalue weighted by Crippen LogP contribution is -2.25. The topological polar surface area (TPSA) is 29.5 Å². The highest BCUT2D eigenvalue weighted by Gasteiger charge is 2.24. The van der Waals surface area contributed by atoms with E-state index in [1.807, 2.05) is 6.07 Å². The Morgan fingerprint density at radius 1 is 1.29 bits per heavy atom. The van der Waals surface area contributed by atoms with Crippen molar-refractivity contribution in [2.45, 2.75) is 58.5 Å². The molecule has 1 aromatic rings. The van der Waals surface area contributed by atoms with Crippen LogP contribution in [0.1, 0.15) is 51.0 Å². The molecule has 0 amide bonds. The van der Waals surface area contributed by atoms with Gasteiger partial charge in [-0.2, -0.15) is 0 Å². The lowest BCUT2D eigenvalue weighted by Gasteiger charge is -2.30. The van der Waals surface area contributed by atoms with E-state index in [4.69, 9.17) is 9.84 Å². The minimum absolute atomic E-state index is 0.321. The number of benzene rings is 1. The van der Waals surface area contributed by atoms with Crippen molar-refractivity contribution in [1.29, 1.82) is 0 Å². The fourth-order valence-electron chi connectivity index (χ4n) is 3.29. The largest absolute Gasteiger partial charge is 0.490 e. The van der Waals surface area contributed by atoms with Gasteiger partial charge >= 0.3 is 0 Å². The highest BCUT2D eigenvalue weighted by molar-refractivity contribution is 9.10. The van der Waals surface area contributed by atoms with Crippen LogP contribution in [0.3, 0.4) is 0 Å². The Hall–Kier alpha value is -0.540. The summed E-state index contributed by atoms with van der Waals surface area (Å²) in [7, 11) is 0. The third-order valence-corrected chi connectivity index (χ3v) is 5.52. The highest BCUT2D eigenvalue weighted by Crippen LogP contribution is 2.34. The molecule has 0 aromatic heterocycles.